The van der Waals surface area contributed by atoms with Gasteiger partial charge in [-0.25, -0.2) is 0 Å². The third kappa shape index (κ3) is 3.65. The van der Waals surface area contributed by atoms with Gasteiger partial charge in [-0.2, -0.15) is 0 Å². The van der Waals surface area contributed by atoms with E-state index in [9.17, 15) is 19.2 Å². The van der Waals surface area contributed by atoms with Gasteiger partial charge in [0, 0.05) is 18.5 Å². The first-order valence-electron chi connectivity index (χ1n) is 10.6. The summed E-state index contributed by atoms with van der Waals surface area (Å²) in [5.41, 5.74) is 1.33. The number of piperidine rings is 2. The van der Waals surface area contributed by atoms with E-state index < -0.39 is 23.8 Å². The van der Waals surface area contributed by atoms with Crippen molar-refractivity contribution in [3.63, 3.8) is 0 Å². The molecule has 1 aromatic rings. The van der Waals surface area contributed by atoms with Gasteiger partial charge in [-0.1, -0.05) is 12.1 Å². The molecular formula is C22H28N4O4. The maximum atomic E-state index is 13.2. The summed E-state index contributed by atoms with van der Waals surface area (Å²) in [6.07, 6.45) is 2.45. The number of hydrogen-bond donors (Lipinski definition) is 3. The van der Waals surface area contributed by atoms with E-state index >= 15 is 0 Å². The van der Waals surface area contributed by atoms with E-state index in [1.54, 1.807) is 12.1 Å². The van der Waals surface area contributed by atoms with Crippen LogP contribution < -0.4 is 16.0 Å². The normalized spacial score (nSPS) is 23.0. The van der Waals surface area contributed by atoms with Gasteiger partial charge in [0.2, 0.25) is 11.8 Å². The van der Waals surface area contributed by atoms with Gasteiger partial charge in [-0.15, -0.1) is 0 Å². The fourth-order valence-corrected chi connectivity index (χ4v) is 4.74. The molecule has 0 aliphatic carbocycles. The molecule has 3 aliphatic rings. The van der Waals surface area contributed by atoms with Gasteiger partial charge in [0.05, 0.1) is 11.1 Å². The van der Waals surface area contributed by atoms with E-state index in [4.69, 9.17) is 0 Å². The van der Waals surface area contributed by atoms with Crippen molar-refractivity contribution in [2.75, 3.05) is 13.1 Å². The van der Waals surface area contributed by atoms with Gasteiger partial charge in [0.1, 0.15) is 6.04 Å². The predicted octanol–water partition coefficient (Wildman–Crippen LogP) is 0.956. The minimum absolute atomic E-state index is 0.111. The maximum Gasteiger partial charge on any atom is 0.262 e. The molecule has 0 bridgehead atoms. The third-order valence-corrected chi connectivity index (χ3v) is 6.65. The summed E-state index contributed by atoms with van der Waals surface area (Å²) in [7, 11) is 0. The zero-order valence-electron chi connectivity index (χ0n) is 17.4. The lowest BCUT2D eigenvalue weighted by Crippen LogP contribution is -2.54. The molecule has 2 fully saturated rings. The number of rotatable bonds is 5. The minimum atomic E-state index is -0.943. The van der Waals surface area contributed by atoms with Crippen LogP contribution in [0.1, 0.15) is 65.8 Å². The number of carbonyl (C=O) groups is 4. The smallest absolute Gasteiger partial charge is 0.262 e. The summed E-state index contributed by atoms with van der Waals surface area (Å²) in [4.78, 5) is 50.9. The SMILES string of the molecule is CC(C)(NCc1cccc2c1C(=O)N(C1CCC(=O)NC1=O)C2=O)C1CCNCC1. The Bertz CT molecular complexity index is 904. The second kappa shape index (κ2) is 7.92. The van der Waals surface area contributed by atoms with Crippen molar-refractivity contribution >= 4 is 23.6 Å². The van der Waals surface area contributed by atoms with Crippen LogP contribution in [0.4, 0.5) is 0 Å². The number of hydrogen-bond acceptors (Lipinski definition) is 6. The van der Waals surface area contributed by atoms with Crippen molar-refractivity contribution in [3.8, 4) is 0 Å². The number of nitrogens with zero attached hydrogens (tertiary/aromatic N) is 1. The van der Waals surface area contributed by atoms with Crippen LogP contribution in [0.5, 0.6) is 0 Å². The van der Waals surface area contributed by atoms with Crippen LogP contribution in [0, 0.1) is 5.92 Å². The van der Waals surface area contributed by atoms with Gasteiger partial charge < -0.3 is 10.6 Å². The van der Waals surface area contributed by atoms with E-state index in [1.807, 2.05) is 6.07 Å². The Kier molecular flexibility index (Phi) is 5.46. The minimum Gasteiger partial charge on any atom is -0.317 e. The summed E-state index contributed by atoms with van der Waals surface area (Å²) >= 11 is 0. The Balaban J connectivity index is 1.54. The summed E-state index contributed by atoms with van der Waals surface area (Å²) in [6.45, 7) is 6.82. The lowest BCUT2D eigenvalue weighted by molar-refractivity contribution is -0.136. The van der Waals surface area contributed by atoms with Crippen molar-refractivity contribution in [1.29, 1.82) is 0 Å². The Morgan fingerprint density at radius 3 is 2.50 bits per heavy atom. The summed E-state index contributed by atoms with van der Waals surface area (Å²) in [6, 6.07) is 4.31. The van der Waals surface area contributed by atoms with Gasteiger partial charge in [0.15, 0.2) is 0 Å². The van der Waals surface area contributed by atoms with Gasteiger partial charge >= 0.3 is 0 Å². The number of nitrogens with one attached hydrogen (secondary N) is 3. The van der Waals surface area contributed by atoms with Crippen molar-refractivity contribution in [1.82, 2.24) is 20.9 Å². The Hall–Kier alpha value is -2.58. The molecule has 0 spiro atoms. The van der Waals surface area contributed by atoms with E-state index in [0.717, 1.165) is 36.4 Å². The van der Waals surface area contributed by atoms with E-state index in [-0.39, 0.29) is 24.3 Å². The highest BCUT2D eigenvalue weighted by Gasteiger charge is 2.45. The van der Waals surface area contributed by atoms with Gasteiger partial charge in [-0.3, -0.25) is 29.4 Å². The van der Waals surface area contributed by atoms with Crippen molar-refractivity contribution < 1.29 is 19.2 Å². The molecule has 1 unspecified atom stereocenters. The first-order valence-corrected chi connectivity index (χ1v) is 10.6. The van der Waals surface area contributed by atoms with Crippen LogP contribution in [-0.4, -0.2) is 53.2 Å². The van der Waals surface area contributed by atoms with Crippen molar-refractivity contribution in [3.05, 3.63) is 34.9 Å². The molecule has 3 heterocycles. The van der Waals surface area contributed by atoms with Gasteiger partial charge in [-0.05, 0) is 63.7 Å². The second-order valence-corrected chi connectivity index (χ2v) is 8.89. The highest BCUT2D eigenvalue weighted by atomic mass is 16.2. The third-order valence-electron chi connectivity index (χ3n) is 6.65. The quantitative estimate of drug-likeness (QED) is 0.622. The van der Waals surface area contributed by atoms with Crippen molar-refractivity contribution in [2.45, 2.75) is 57.7 Å². The maximum absolute atomic E-state index is 13.2. The molecule has 8 nitrogen and oxygen atoms in total. The lowest BCUT2D eigenvalue weighted by Gasteiger charge is -2.38. The van der Waals surface area contributed by atoms with Crippen molar-refractivity contribution in [2.24, 2.45) is 5.92 Å². The predicted molar refractivity (Wildman–Crippen MR) is 110 cm³/mol. The van der Waals surface area contributed by atoms with E-state index in [1.165, 1.54) is 0 Å². The molecule has 2 saturated heterocycles. The topological polar surface area (TPSA) is 108 Å². The molecule has 1 atom stereocenters. The second-order valence-electron chi connectivity index (χ2n) is 8.89. The first-order chi connectivity index (χ1) is 14.3. The fraction of sp³-hybridized carbons (Fsp3) is 0.545. The molecule has 160 valence electrons. The van der Waals surface area contributed by atoms with Crippen LogP contribution in [0.3, 0.4) is 0 Å². The zero-order valence-corrected chi connectivity index (χ0v) is 17.4. The highest BCUT2D eigenvalue weighted by Crippen LogP contribution is 2.31. The number of carbonyl (C=O) groups excluding carboxylic acids is 4. The van der Waals surface area contributed by atoms with Crippen LogP contribution in [0.15, 0.2) is 18.2 Å². The first kappa shape index (κ1) is 20.7. The number of amides is 4. The summed E-state index contributed by atoms with van der Waals surface area (Å²) in [5.74, 6) is -1.37. The fourth-order valence-electron chi connectivity index (χ4n) is 4.74. The zero-order chi connectivity index (χ0) is 21.5. The molecule has 1 aromatic carbocycles. The van der Waals surface area contributed by atoms with E-state index in [2.05, 4.69) is 29.8 Å². The summed E-state index contributed by atoms with van der Waals surface area (Å²) < 4.78 is 0. The number of imide groups is 2. The molecule has 4 amide bonds. The molecular weight excluding hydrogens is 384 g/mol. The standard InChI is InChI=1S/C22H28N4O4/c1-22(2,14-8-10-23-11-9-14)24-12-13-4-3-5-15-18(13)21(30)26(20(15)29)16-6-7-17(27)25-19(16)28/h3-5,14,16,23-24H,6-12H2,1-2H3,(H,25,27,28). The average molecular weight is 412 g/mol. The molecule has 4 rings (SSSR count). The van der Waals surface area contributed by atoms with Crippen LogP contribution in [0.25, 0.3) is 0 Å². The van der Waals surface area contributed by atoms with Crippen LogP contribution >= 0.6 is 0 Å². The van der Waals surface area contributed by atoms with Crippen LogP contribution in [-0.2, 0) is 16.1 Å². The molecule has 30 heavy (non-hydrogen) atoms. The monoisotopic (exact) mass is 412 g/mol. The summed E-state index contributed by atoms with van der Waals surface area (Å²) in [5, 5.41) is 9.19. The van der Waals surface area contributed by atoms with Crippen LogP contribution in [0.2, 0.25) is 0 Å². The largest absolute Gasteiger partial charge is 0.317 e. The average Bonchev–Trinajstić information content (AvgIpc) is 2.98. The molecule has 0 radical (unpaired) electrons. The molecule has 0 saturated carbocycles. The molecule has 0 aromatic heterocycles. The lowest BCUT2D eigenvalue weighted by atomic mass is 9.80. The van der Waals surface area contributed by atoms with Gasteiger partial charge in [0.25, 0.3) is 11.8 Å². The Morgan fingerprint density at radius 1 is 1.07 bits per heavy atom. The highest BCUT2D eigenvalue weighted by molar-refractivity contribution is 6.24. The molecule has 8 heteroatoms. The Morgan fingerprint density at radius 2 is 1.80 bits per heavy atom. The number of benzene rings is 1. The molecule has 3 aliphatic heterocycles. The molecule has 3 N–H and O–H groups in total. The number of fused-ring (bicyclic) bond motifs is 1. The van der Waals surface area contributed by atoms with E-state index in [0.29, 0.717) is 23.6 Å². The Labute approximate surface area is 175 Å².